The predicted molar refractivity (Wildman–Crippen MR) is 103 cm³/mol. The molecule has 138 valence electrons. The van der Waals surface area contributed by atoms with Crippen LogP contribution < -0.4 is 0 Å². The number of aliphatic hydroxyl groups is 1. The minimum absolute atomic E-state index is 0.319. The van der Waals surface area contributed by atoms with E-state index in [9.17, 15) is 5.11 Å². The van der Waals surface area contributed by atoms with Crippen molar-refractivity contribution in [3.8, 4) is 11.8 Å². The maximum absolute atomic E-state index is 11.5. The molecule has 0 amide bonds. The summed E-state index contributed by atoms with van der Waals surface area (Å²) in [5, 5.41) is 12.1. The lowest BCUT2D eigenvalue weighted by atomic mass is 9.79. The van der Waals surface area contributed by atoms with E-state index in [0.717, 1.165) is 5.56 Å². The maximum atomic E-state index is 11.5. The van der Waals surface area contributed by atoms with Gasteiger partial charge >= 0.3 is 0 Å². The second kappa shape index (κ2) is 9.70. The molecule has 0 bridgehead atoms. The van der Waals surface area contributed by atoms with Crippen LogP contribution in [0.25, 0.3) is 0 Å². The maximum Gasteiger partial charge on any atom is 0.222 e. The first kappa shape index (κ1) is 20.4. The molecule has 2 unspecified atom stereocenters. The monoisotopic (exact) mass is 373 g/mol. The highest BCUT2D eigenvalue weighted by molar-refractivity contribution is 6.30. The van der Waals surface area contributed by atoms with E-state index in [1.807, 2.05) is 39.0 Å². The van der Waals surface area contributed by atoms with Crippen LogP contribution in [-0.4, -0.2) is 29.6 Å². The molecule has 0 aliphatic rings. The van der Waals surface area contributed by atoms with Gasteiger partial charge in [0, 0.05) is 42.1 Å². The molecule has 2 atom stereocenters. The van der Waals surface area contributed by atoms with E-state index in [0.29, 0.717) is 23.8 Å². The summed E-state index contributed by atoms with van der Waals surface area (Å²) in [5.41, 5.74) is 0.0790. The third kappa shape index (κ3) is 5.06. The second-order valence-electron chi connectivity index (χ2n) is 5.79. The Morgan fingerprint density at radius 3 is 2.35 bits per heavy atom. The SMILES string of the molecule is CCOC(C#CC(O)(c1cccnc1)C(C)c1ccc(Cl)cc1)OCC. The molecule has 5 heteroatoms. The van der Waals surface area contributed by atoms with Crippen LogP contribution in [0, 0.1) is 11.8 Å². The number of aromatic nitrogens is 1. The number of ether oxygens (including phenoxy) is 2. The van der Waals surface area contributed by atoms with Crippen molar-refractivity contribution >= 4 is 11.6 Å². The molecule has 0 saturated heterocycles. The van der Waals surface area contributed by atoms with Gasteiger partial charge in [0.2, 0.25) is 6.29 Å². The fraction of sp³-hybridized carbons (Fsp3) is 0.381. The minimum Gasteiger partial charge on any atom is -0.373 e. The molecule has 0 radical (unpaired) electrons. The Kier molecular flexibility index (Phi) is 7.62. The van der Waals surface area contributed by atoms with Crippen molar-refractivity contribution in [2.45, 2.75) is 38.6 Å². The van der Waals surface area contributed by atoms with Crippen LogP contribution in [0.2, 0.25) is 5.02 Å². The molecule has 26 heavy (non-hydrogen) atoms. The summed E-state index contributed by atoms with van der Waals surface area (Å²) >= 11 is 5.99. The summed E-state index contributed by atoms with van der Waals surface area (Å²) in [6, 6.07) is 11.0. The van der Waals surface area contributed by atoms with E-state index in [1.54, 1.807) is 30.6 Å². The summed E-state index contributed by atoms with van der Waals surface area (Å²) in [4.78, 5) is 4.13. The molecule has 1 aromatic carbocycles. The van der Waals surface area contributed by atoms with Gasteiger partial charge in [-0.1, -0.05) is 42.6 Å². The molecule has 4 nitrogen and oxygen atoms in total. The zero-order valence-electron chi connectivity index (χ0n) is 15.3. The average Bonchev–Trinajstić information content (AvgIpc) is 2.67. The van der Waals surface area contributed by atoms with Crippen molar-refractivity contribution in [1.82, 2.24) is 4.98 Å². The number of hydrogen-bond donors (Lipinski definition) is 1. The number of hydrogen-bond acceptors (Lipinski definition) is 4. The average molecular weight is 374 g/mol. The quantitative estimate of drug-likeness (QED) is 0.585. The van der Waals surface area contributed by atoms with Gasteiger partial charge in [0.15, 0.2) is 5.60 Å². The van der Waals surface area contributed by atoms with E-state index in [1.165, 1.54) is 0 Å². The molecule has 0 spiro atoms. The van der Waals surface area contributed by atoms with Crippen LogP contribution in [0.1, 0.15) is 37.8 Å². The smallest absolute Gasteiger partial charge is 0.222 e. The second-order valence-corrected chi connectivity index (χ2v) is 6.23. The molecule has 0 fully saturated rings. The summed E-state index contributed by atoms with van der Waals surface area (Å²) < 4.78 is 10.9. The molecular weight excluding hydrogens is 350 g/mol. The lowest BCUT2D eigenvalue weighted by molar-refractivity contribution is -0.0974. The van der Waals surface area contributed by atoms with Gasteiger partial charge in [-0.15, -0.1) is 0 Å². The number of benzene rings is 1. The van der Waals surface area contributed by atoms with E-state index in [2.05, 4.69) is 16.8 Å². The van der Waals surface area contributed by atoms with Crippen molar-refractivity contribution in [3.63, 3.8) is 0 Å². The Morgan fingerprint density at radius 1 is 1.15 bits per heavy atom. The third-order valence-electron chi connectivity index (χ3n) is 4.11. The number of pyridine rings is 1. The molecule has 1 aromatic heterocycles. The van der Waals surface area contributed by atoms with Crippen LogP contribution in [0.4, 0.5) is 0 Å². The highest BCUT2D eigenvalue weighted by atomic mass is 35.5. The van der Waals surface area contributed by atoms with Gasteiger partial charge < -0.3 is 14.6 Å². The zero-order chi connectivity index (χ0) is 19.0. The van der Waals surface area contributed by atoms with E-state index in [4.69, 9.17) is 21.1 Å². The summed E-state index contributed by atoms with van der Waals surface area (Å²) in [6.45, 7) is 6.60. The molecule has 1 heterocycles. The molecule has 0 aliphatic carbocycles. The van der Waals surface area contributed by atoms with Crippen molar-refractivity contribution in [1.29, 1.82) is 0 Å². The van der Waals surface area contributed by atoms with Crippen molar-refractivity contribution in [2.24, 2.45) is 0 Å². The first-order valence-electron chi connectivity index (χ1n) is 8.65. The van der Waals surface area contributed by atoms with Gasteiger partial charge in [-0.2, -0.15) is 0 Å². The largest absolute Gasteiger partial charge is 0.373 e. The Labute approximate surface area is 160 Å². The molecule has 2 rings (SSSR count). The highest BCUT2D eigenvalue weighted by Gasteiger charge is 2.35. The topological polar surface area (TPSA) is 51.6 Å². The van der Waals surface area contributed by atoms with Gasteiger partial charge in [-0.25, -0.2) is 0 Å². The van der Waals surface area contributed by atoms with Gasteiger partial charge in [-0.3, -0.25) is 4.98 Å². The Balaban J connectivity index is 2.44. The highest BCUT2D eigenvalue weighted by Crippen LogP contribution is 2.36. The molecule has 2 aromatic rings. The minimum atomic E-state index is -1.45. The Morgan fingerprint density at radius 2 is 1.81 bits per heavy atom. The van der Waals surface area contributed by atoms with Crippen LogP contribution in [0.3, 0.4) is 0 Å². The standard InChI is InChI=1S/C21H24ClNO3/c1-4-25-20(26-5-2)12-13-21(24,18-7-6-14-23-15-18)16(3)17-8-10-19(22)11-9-17/h6-11,14-16,20,24H,4-5H2,1-3H3. The van der Waals surface area contributed by atoms with Crippen molar-refractivity contribution in [3.05, 3.63) is 64.9 Å². The van der Waals surface area contributed by atoms with Gasteiger partial charge in [0.25, 0.3) is 0 Å². The first-order chi connectivity index (χ1) is 12.5. The zero-order valence-corrected chi connectivity index (χ0v) is 16.0. The van der Waals surface area contributed by atoms with E-state index < -0.39 is 11.9 Å². The van der Waals surface area contributed by atoms with Crippen molar-refractivity contribution in [2.75, 3.05) is 13.2 Å². The van der Waals surface area contributed by atoms with Gasteiger partial charge in [0.1, 0.15) is 0 Å². The number of rotatable bonds is 7. The van der Waals surface area contributed by atoms with Gasteiger partial charge in [0.05, 0.1) is 0 Å². The lowest BCUT2D eigenvalue weighted by Crippen LogP contribution is -2.31. The number of halogens is 1. The molecule has 1 N–H and O–H groups in total. The molecule has 0 aliphatic heterocycles. The first-order valence-corrected chi connectivity index (χ1v) is 9.03. The Bertz CT molecular complexity index is 733. The van der Waals surface area contributed by atoms with Gasteiger partial charge in [-0.05, 0) is 43.5 Å². The number of nitrogens with zero attached hydrogens (tertiary/aromatic N) is 1. The van der Waals surface area contributed by atoms with E-state index in [-0.39, 0.29) is 5.92 Å². The van der Waals surface area contributed by atoms with Crippen LogP contribution in [0.5, 0.6) is 0 Å². The summed E-state index contributed by atoms with van der Waals surface area (Å²) in [7, 11) is 0. The van der Waals surface area contributed by atoms with Crippen LogP contribution in [-0.2, 0) is 15.1 Å². The molecule has 0 saturated carbocycles. The lowest BCUT2D eigenvalue weighted by Gasteiger charge is -2.30. The normalized spacial score (nSPS) is 14.4. The Hall–Kier alpha value is -1.90. The molecular formula is C21H24ClNO3. The van der Waals surface area contributed by atoms with Crippen LogP contribution >= 0.6 is 11.6 Å². The van der Waals surface area contributed by atoms with E-state index >= 15 is 0 Å². The third-order valence-corrected chi connectivity index (χ3v) is 4.37. The fourth-order valence-electron chi connectivity index (χ4n) is 2.61. The summed E-state index contributed by atoms with van der Waals surface area (Å²) in [5.74, 6) is 5.58. The predicted octanol–water partition coefficient (Wildman–Crippen LogP) is 4.13. The van der Waals surface area contributed by atoms with Crippen LogP contribution in [0.15, 0.2) is 48.8 Å². The van der Waals surface area contributed by atoms with Crippen molar-refractivity contribution < 1.29 is 14.6 Å². The summed E-state index contributed by atoms with van der Waals surface area (Å²) in [6.07, 6.45) is 2.59. The fourth-order valence-corrected chi connectivity index (χ4v) is 2.74.